The standard InChI is InChI=1S/C21H21N5OS/c1-2-6-13(7-3-1)18-23-19-17-15-9-4-10-16(15)28-20(17)24-21(26(19)25-18)22-12-14-8-5-11-27-14/h1-3,6-7,14H,4-5,8-12H2,(H,22,24). The second kappa shape index (κ2) is 6.53. The second-order valence-corrected chi connectivity index (χ2v) is 8.61. The van der Waals surface area contributed by atoms with Gasteiger partial charge in [-0.15, -0.1) is 16.4 Å². The molecule has 1 saturated heterocycles. The number of ether oxygens (including phenoxy) is 1. The third-order valence-electron chi connectivity index (χ3n) is 5.69. The normalized spacial score (nSPS) is 18.9. The van der Waals surface area contributed by atoms with Crippen LogP contribution in [0.25, 0.3) is 27.3 Å². The van der Waals surface area contributed by atoms with Crippen LogP contribution in [0.5, 0.6) is 0 Å². The largest absolute Gasteiger partial charge is 0.376 e. The lowest BCUT2D eigenvalue weighted by atomic mass is 10.2. The van der Waals surface area contributed by atoms with Gasteiger partial charge in [-0.2, -0.15) is 4.52 Å². The van der Waals surface area contributed by atoms with Gasteiger partial charge in [-0.3, -0.25) is 0 Å². The lowest BCUT2D eigenvalue weighted by molar-refractivity contribution is 0.120. The molecular weight excluding hydrogens is 370 g/mol. The van der Waals surface area contributed by atoms with Crippen molar-refractivity contribution >= 4 is 33.1 Å². The van der Waals surface area contributed by atoms with Crippen LogP contribution >= 0.6 is 11.3 Å². The van der Waals surface area contributed by atoms with Gasteiger partial charge in [-0.05, 0) is 37.7 Å². The van der Waals surface area contributed by atoms with E-state index in [-0.39, 0.29) is 6.10 Å². The van der Waals surface area contributed by atoms with E-state index in [9.17, 15) is 0 Å². The molecule has 1 aliphatic carbocycles. The summed E-state index contributed by atoms with van der Waals surface area (Å²) in [5.41, 5.74) is 3.37. The molecule has 7 heteroatoms. The molecule has 1 aromatic carbocycles. The zero-order valence-electron chi connectivity index (χ0n) is 15.5. The van der Waals surface area contributed by atoms with Crippen molar-refractivity contribution in [2.24, 2.45) is 0 Å². The maximum atomic E-state index is 5.77. The van der Waals surface area contributed by atoms with E-state index in [1.807, 2.05) is 34.1 Å². The van der Waals surface area contributed by atoms with Crippen LogP contribution < -0.4 is 5.32 Å². The first-order chi connectivity index (χ1) is 13.9. The Morgan fingerprint density at radius 1 is 1.14 bits per heavy atom. The maximum absolute atomic E-state index is 5.77. The monoisotopic (exact) mass is 391 g/mol. The number of anilines is 1. The molecule has 1 fully saturated rings. The van der Waals surface area contributed by atoms with Gasteiger partial charge in [0.15, 0.2) is 11.5 Å². The number of thiophene rings is 1. The predicted molar refractivity (Wildman–Crippen MR) is 111 cm³/mol. The van der Waals surface area contributed by atoms with Crippen LogP contribution in [0, 0.1) is 0 Å². The zero-order valence-corrected chi connectivity index (χ0v) is 16.3. The summed E-state index contributed by atoms with van der Waals surface area (Å²) >= 11 is 1.82. The Kier molecular flexibility index (Phi) is 3.84. The van der Waals surface area contributed by atoms with Crippen LogP contribution in [0.3, 0.4) is 0 Å². The minimum absolute atomic E-state index is 0.248. The Balaban J connectivity index is 1.52. The van der Waals surface area contributed by atoms with E-state index in [0.717, 1.165) is 66.6 Å². The molecule has 1 unspecified atom stereocenters. The number of nitrogens with zero attached hydrogens (tertiary/aromatic N) is 4. The third kappa shape index (κ3) is 2.61. The van der Waals surface area contributed by atoms with Gasteiger partial charge in [0.05, 0.1) is 11.5 Å². The van der Waals surface area contributed by atoms with Crippen LogP contribution in [0.15, 0.2) is 30.3 Å². The summed E-state index contributed by atoms with van der Waals surface area (Å²) in [6.07, 6.45) is 5.97. The molecule has 1 atom stereocenters. The van der Waals surface area contributed by atoms with E-state index in [1.54, 1.807) is 0 Å². The van der Waals surface area contributed by atoms with E-state index >= 15 is 0 Å². The molecule has 6 rings (SSSR count). The van der Waals surface area contributed by atoms with Crippen molar-refractivity contribution in [3.63, 3.8) is 0 Å². The van der Waals surface area contributed by atoms with E-state index in [2.05, 4.69) is 17.4 Å². The number of fused-ring (bicyclic) bond motifs is 5. The van der Waals surface area contributed by atoms with Crippen LogP contribution in [-0.4, -0.2) is 38.8 Å². The van der Waals surface area contributed by atoms with E-state index in [1.165, 1.54) is 22.2 Å². The van der Waals surface area contributed by atoms with Gasteiger partial charge in [0.25, 0.3) is 0 Å². The van der Waals surface area contributed by atoms with Gasteiger partial charge < -0.3 is 10.1 Å². The summed E-state index contributed by atoms with van der Waals surface area (Å²) in [5.74, 6) is 1.50. The van der Waals surface area contributed by atoms with Gasteiger partial charge in [-0.1, -0.05) is 30.3 Å². The summed E-state index contributed by atoms with van der Waals surface area (Å²) < 4.78 is 7.66. The van der Waals surface area contributed by atoms with Crippen molar-refractivity contribution < 1.29 is 4.74 Å². The summed E-state index contributed by atoms with van der Waals surface area (Å²) in [6, 6.07) is 10.2. The highest BCUT2D eigenvalue weighted by Crippen LogP contribution is 2.39. The number of aryl methyl sites for hydroxylation is 2. The molecule has 142 valence electrons. The smallest absolute Gasteiger partial charge is 0.227 e. The van der Waals surface area contributed by atoms with Gasteiger partial charge in [-0.25, -0.2) is 9.97 Å². The summed E-state index contributed by atoms with van der Waals surface area (Å²) in [4.78, 5) is 12.4. The molecule has 4 aromatic rings. The molecule has 4 heterocycles. The van der Waals surface area contributed by atoms with Crippen molar-refractivity contribution in [3.8, 4) is 11.4 Å². The van der Waals surface area contributed by atoms with Crippen molar-refractivity contribution in [3.05, 3.63) is 40.8 Å². The third-order valence-corrected chi connectivity index (χ3v) is 6.87. The van der Waals surface area contributed by atoms with Crippen molar-refractivity contribution in [2.45, 2.75) is 38.2 Å². The maximum Gasteiger partial charge on any atom is 0.227 e. The molecule has 2 aliphatic rings. The summed E-state index contributed by atoms with van der Waals surface area (Å²) in [5, 5.41) is 9.50. The average Bonchev–Trinajstić information content (AvgIpc) is 3.49. The Morgan fingerprint density at radius 3 is 2.93 bits per heavy atom. The number of hydrogen-bond acceptors (Lipinski definition) is 6. The van der Waals surface area contributed by atoms with E-state index in [0.29, 0.717) is 0 Å². The fraction of sp³-hybridized carbons (Fsp3) is 0.381. The molecule has 1 N–H and O–H groups in total. The molecule has 28 heavy (non-hydrogen) atoms. The topological polar surface area (TPSA) is 64.3 Å². The quantitative estimate of drug-likeness (QED) is 0.568. The predicted octanol–water partition coefficient (Wildman–Crippen LogP) is 4.09. The SMILES string of the molecule is c1ccc(-c2nc3c4c5c(sc4nc(NCC4CCCO4)n3n2)CCC5)cc1. The average molecular weight is 392 g/mol. The van der Waals surface area contributed by atoms with E-state index < -0.39 is 0 Å². The summed E-state index contributed by atoms with van der Waals surface area (Å²) in [6.45, 7) is 1.60. The zero-order chi connectivity index (χ0) is 18.5. The lowest BCUT2D eigenvalue weighted by Crippen LogP contribution is -2.20. The highest BCUT2D eigenvalue weighted by molar-refractivity contribution is 7.19. The molecule has 0 bridgehead atoms. The van der Waals surface area contributed by atoms with Gasteiger partial charge in [0.1, 0.15) is 4.83 Å². The number of rotatable bonds is 4. The fourth-order valence-corrected chi connectivity index (χ4v) is 5.55. The Labute approximate surface area is 166 Å². The fourth-order valence-electron chi connectivity index (χ4n) is 4.30. The molecule has 1 aliphatic heterocycles. The molecule has 0 amide bonds. The van der Waals surface area contributed by atoms with Crippen molar-refractivity contribution in [2.75, 3.05) is 18.5 Å². The highest BCUT2D eigenvalue weighted by Gasteiger charge is 2.24. The molecule has 3 aromatic heterocycles. The Hall–Kier alpha value is -2.51. The number of benzene rings is 1. The Morgan fingerprint density at radius 2 is 2.07 bits per heavy atom. The first kappa shape index (κ1) is 16.4. The van der Waals surface area contributed by atoms with Crippen LogP contribution in [0.4, 0.5) is 5.95 Å². The van der Waals surface area contributed by atoms with Crippen LogP contribution in [-0.2, 0) is 17.6 Å². The number of hydrogen-bond donors (Lipinski definition) is 1. The summed E-state index contributed by atoms with van der Waals surface area (Å²) in [7, 11) is 0. The van der Waals surface area contributed by atoms with Crippen molar-refractivity contribution in [1.82, 2.24) is 19.6 Å². The van der Waals surface area contributed by atoms with Crippen LogP contribution in [0.1, 0.15) is 29.7 Å². The molecule has 0 radical (unpaired) electrons. The van der Waals surface area contributed by atoms with Gasteiger partial charge in [0.2, 0.25) is 5.95 Å². The highest BCUT2D eigenvalue weighted by atomic mass is 32.1. The van der Waals surface area contributed by atoms with Gasteiger partial charge >= 0.3 is 0 Å². The second-order valence-electron chi connectivity index (χ2n) is 7.53. The molecule has 0 spiro atoms. The Bertz CT molecular complexity index is 1160. The number of nitrogens with one attached hydrogen (secondary N) is 1. The first-order valence-corrected chi connectivity index (χ1v) is 10.8. The molecular formula is C21H21N5OS. The molecule has 6 nitrogen and oxygen atoms in total. The van der Waals surface area contributed by atoms with Gasteiger partial charge in [0, 0.05) is 23.6 Å². The van der Waals surface area contributed by atoms with Crippen molar-refractivity contribution in [1.29, 1.82) is 0 Å². The van der Waals surface area contributed by atoms with E-state index in [4.69, 9.17) is 19.8 Å². The minimum atomic E-state index is 0.248. The number of aromatic nitrogens is 4. The lowest BCUT2D eigenvalue weighted by Gasteiger charge is -2.12. The first-order valence-electron chi connectivity index (χ1n) is 9.99. The molecule has 0 saturated carbocycles. The van der Waals surface area contributed by atoms with Crippen LogP contribution in [0.2, 0.25) is 0 Å². The minimum Gasteiger partial charge on any atom is -0.376 e.